The lowest BCUT2D eigenvalue weighted by atomic mass is 10.2. The molecular weight excluding hydrogens is 407 g/mol. The van der Waals surface area contributed by atoms with Gasteiger partial charge in [0.25, 0.3) is 11.1 Å². The van der Waals surface area contributed by atoms with Gasteiger partial charge in [0.1, 0.15) is 24.8 Å². The molecule has 0 N–H and O–H groups in total. The third-order valence-electron chi connectivity index (χ3n) is 3.92. The lowest BCUT2D eigenvalue weighted by Gasteiger charge is -2.20. The zero-order valence-electron chi connectivity index (χ0n) is 14.9. The van der Waals surface area contributed by atoms with E-state index in [-0.39, 0.29) is 5.82 Å². The van der Waals surface area contributed by atoms with Crippen molar-refractivity contribution in [3.05, 3.63) is 58.7 Å². The van der Waals surface area contributed by atoms with Crippen LogP contribution < -0.4 is 14.2 Å². The standard InChI is InChI=1S/C19H16ClFN2O4S/c1-11(26-14-4-2-13(21)3-5-14)18-22-23-19(27-18)28-10-12-8-15(20)17-16(9-12)24-6-7-25-17/h2-5,8-9,11H,6-7,10H2,1H3. The van der Waals surface area contributed by atoms with E-state index in [1.54, 1.807) is 19.1 Å². The van der Waals surface area contributed by atoms with E-state index in [1.165, 1.54) is 23.9 Å². The molecular formula is C19H16ClFN2O4S. The Hall–Kier alpha value is -2.45. The van der Waals surface area contributed by atoms with Gasteiger partial charge in [0, 0.05) is 5.75 Å². The molecule has 1 unspecified atom stereocenters. The van der Waals surface area contributed by atoms with Crippen molar-refractivity contribution < 1.29 is 23.0 Å². The molecule has 4 rings (SSSR count). The molecule has 0 bridgehead atoms. The summed E-state index contributed by atoms with van der Waals surface area (Å²) in [6.45, 7) is 2.77. The number of hydrogen-bond acceptors (Lipinski definition) is 7. The molecule has 2 aromatic carbocycles. The van der Waals surface area contributed by atoms with Crippen molar-refractivity contribution in [3.8, 4) is 17.2 Å². The first kappa shape index (κ1) is 18.9. The normalized spacial score (nSPS) is 14.0. The van der Waals surface area contributed by atoms with Crippen molar-refractivity contribution in [1.29, 1.82) is 0 Å². The van der Waals surface area contributed by atoms with Crippen molar-refractivity contribution in [2.45, 2.75) is 24.0 Å². The monoisotopic (exact) mass is 422 g/mol. The summed E-state index contributed by atoms with van der Waals surface area (Å²) >= 11 is 7.63. The highest BCUT2D eigenvalue weighted by atomic mass is 35.5. The maximum atomic E-state index is 13.0. The van der Waals surface area contributed by atoms with Crippen molar-refractivity contribution in [2.24, 2.45) is 0 Å². The van der Waals surface area contributed by atoms with E-state index >= 15 is 0 Å². The number of hydrogen-bond donors (Lipinski definition) is 0. The second-order valence-corrected chi connectivity index (χ2v) is 7.34. The molecule has 1 aliphatic heterocycles. The van der Waals surface area contributed by atoms with Crippen molar-refractivity contribution >= 4 is 23.4 Å². The Labute approximate surface area is 169 Å². The summed E-state index contributed by atoms with van der Waals surface area (Å²) in [4.78, 5) is 0. The highest BCUT2D eigenvalue weighted by Gasteiger charge is 2.19. The second-order valence-electron chi connectivity index (χ2n) is 6.01. The smallest absolute Gasteiger partial charge is 0.277 e. The third kappa shape index (κ3) is 4.34. The fraction of sp³-hybridized carbons (Fsp3) is 0.263. The molecule has 6 nitrogen and oxygen atoms in total. The van der Waals surface area contributed by atoms with E-state index < -0.39 is 6.10 Å². The van der Waals surface area contributed by atoms with Gasteiger partial charge in [0.05, 0.1) is 5.02 Å². The van der Waals surface area contributed by atoms with Crippen LogP contribution in [0.2, 0.25) is 5.02 Å². The SMILES string of the molecule is CC(Oc1ccc(F)cc1)c1nnc(SCc2cc(Cl)c3c(c2)OCCO3)o1. The fourth-order valence-electron chi connectivity index (χ4n) is 2.60. The van der Waals surface area contributed by atoms with Gasteiger partial charge in [-0.25, -0.2) is 4.39 Å². The average Bonchev–Trinajstić information content (AvgIpc) is 3.17. The molecule has 146 valence electrons. The van der Waals surface area contributed by atoms with Crippen LogP contribution in [0.5, 0.6) is 17.2 Å². The Kier molecular flexibility index (Phi) is 5.59. The predicted octanol–water partition coefficient (Wildman–Crippen LogP) is 5.07. The van der Waals surface area contributed by atoms with Crippen LogP contribution in [-0.4, -0.2) is 23.4 Å². The zero-order valence-corrected chi connectivity index (χ0v) is 16.4. The quantitative estimate of drug-likeness (QED) is 0.514. The summed E-state index contributed by atoms with van der Waals surface area (Å²) in [5.74, 6) is 2.33. The van der Waals surface area contributed by atoms with Crippen molar-refractivity contribution in [1.82, 2.24) is 10.2 Å². The number of fused-ring (bicyclic) bond motifs is 1. The molecule has 0 radical (unpaired) electrons. The summed E-state index contributed by atoms with van der Waals surface area (Å²) in [7, 11) is 0. The summed E-state index contributed by atoms with van der Waals surface area (Å²) < 4.78 is 35.4. The van der Waals surface area contributed by atoms with Crippen LogP contribution in [0.15, 0.2) is 46.0 Å². The van der Waals surface area contributed by atoms with Gasteiger partial charge in [-0.15, -0.1) is 10.2 Å². The minimum atomic E-state index is -0.462. The predicted molar refractivity (Wildman–Crippen MR) is 102 cm³/mol. The zero-order chi connectivity index (χ0) is 19.5. The van der Waals surface area contributed by atoms with E-state index in [0.717, 1.165) is 5.56 Å². The summed E-state index contributed by atoms with van der Waals surface area (Å²) in [5, 5.41) is 8.98. The van der Waals surface area contributed by atoms with Crippen molar-refractivity contribution in [3.63, 3.8) is 0 Å². The fourth-order valence-corrected chi connectivity index (χ4v) is 3.59. The third-order valence-corrected chi connectivity index (χ3v) is 5.09. The minimum absolute atomic E-state index is 0.323. The van der Waals surface area contributed by atoms with Crippen LogP contribution >= 0.6 is 23.4 Å². The largest absolute Gasteiger partial charge is 0.486 e. The molecule has 9 heteroatoms. The molecule has 0 spiro atoms. The van der Waals surface area contributed by atoms with Gasteiger partial charge < -0.3 is 18.6 Å². The molecule has 0 saturated heterocycles. The summed E-state index contributed by atoms with van der Waals surface area (Å²) in [6, 6.07) is 9.47. The number of ether oxygens (including phenoxy) is 3. The van der Waals surface area contributed by atoms with Crippen LogP contribution in [0.25, 0.3) is 0 Å². The van der Waals surface area contributed by atoms with Crippen LogP contribution in [0.3, 0.4) is 0 Å². The number of thioether (sulfide) groups is 1. The van der Waals surface area contributed by atoms with E-state index in [0.29, 0.717) is 52.4 Å². The highest BCUT2D eigenvalue weighted by Crippen LogP contribution is 2.39. The van der Waals surface area contributed by atoms with E-state index in [2.05, 4.69) is 10.2 Å². The maximum Gasteiger partial charge on any atom is 0.277 e. The lowest BCUT2D eigenvalue weighted by molar-refractivity contribution is 0.171. The van der Waals surface area contributed by atoms with Gasteiger partial charge in [0.15, 0.2) is 17.6 Å². The van der Waals surface area contributed by atoms with Gasteiger partial charge in [-0.05, 0) is 48.9 Å². The van der Waals surface area contributed by atoms with Gasteiger partial charge in [-0.3, -0.25) is 0 Å². The van der Waals surface area contributed by atoms with Gasteiger partial charge in [-0.1, -0.05) is 23.4 Å². The molecule has 0 amide bonds. The number of halogens is 2. The van der Waals surface area contributed by atoms with Gasteiger partial charge >= 0.3 is 0 Å². The van der Waals surface area contributed by atoms with E-state index in [1.807, 2.05) is 12.1 Å². The number of nitrogens with zero attached hydrogens (tertiary/aromatic N) is 2. The maximum absolute atomic E-state index is 13.0. The Morgan fingerprint density at radius 1 is 1.18 bits per heavy atom. The highest BCUT2D eigenvalue weighted by molar-refractivity contribution is 7.98. The Morgan fingerprint density at radius 3 is 2.79 bits per heavy atom. The molecule has 1 atom stereocenters. The van der Waals surface area contributed by atoms with E-state index in [4.69, 9.17) is 30.2 Å². The molecule has 1 aromatic heterocycles. The van der Waals surface area contributed by atoms with Crippen LogP contribution in [-0.2, 0) is 5.75 Å². The van der Waals surface area contributed by atoms with Crippen LogP contribution in [0, 0.1) is 5.82 Å². The molecule has 0 saturated carbocycles. The molecule has 1 aliphatic rings. The molecule has 0 fully saturated rings. The van der Waals surface area contributed by atoms with Crippen LogP contribution in [0.1, 0.15) is 24.5 Å². The first-order chi connectivity index (χ1) is 13.6. The first-order valence-corrected chi connectivity index (χ1v) is 9.91. The molecule has 2 heterocycles. The Morgan fingerprint density at radius 2 is 1.96 bits per heavy atom. The summed E-state index contributed by atoms with van der Waals surface area (Å²) in [5.41, 5.74) is 0.953. The van der Waals surface area contributed by atoms with Crippen molar-refractivity contribution in [2.75, 3.05) is 13.2 Å². The van der Waals surface area contributed by atoms with Gasteiger partial charge in [-0.2, -0.15) is 0 Å². The van der Waals surface area contributed by atoms with Crippen LogP contribution in [0.4, 0.5) is 4.39 Å². The lowest BCUT2D eigenvalue weighted by Crippen LogP contribution is -2.15. The summed E-state index contributed by atoms with van der Waals surface area (Å²) in [6.07, 6.45) is -0.462. The molecule has 3 aromatic rings. The van der Waals surface area contributed by atoms with Gasteiger partial charge in [0.2, 0.25) is 0 Å². The molecule has 0 aliphatic carbocycles. The Balaban J connectivity index is 1.38. The second kappa shape index (κ2) is 8.28. The number of aromatic nitrogens is 2. The average molecular weight is 423 g/mol. The minimum Gasteiger partial charge on any atom is -0.486 e. The first-order valence-electron chi connectivity index (χ1n) is 8.55. The number of rotatable bonds is 6. The molecule has 28 heavy (non-hydrogen) atoms. The van der Waals surface area contributed by atoms with E-state index in [9.17, 15) is 4.39 Å². The number of benzene rings is 2. The topological polar surface area (TPSA) is 66.6 Å². The Bertz CT molecular complexity index is 967.